The van der Waals surface area contributed by atoms with Gasteiger partial charge in [-0.05, 0) is 73.1 Å². The van der Waals surface area contributed by atoms with Crippen molar-refractivity contribution < 1.29 is 14.3 Å². The molecule has 0 saturated heterocycles. The fourth-order valence-electron chi connectivity index (χ4n) is 4.97. The monoisotopic (exact) mass is 483 g/mol. The molecule has 184 valence electrons. The number of benzene rings is 2. The molecule has 8 nitrogen and oxygen atoms in total. The highest BCUT2D eigenvalue weighted by molar-refractivity contribution is 6.07. The van der Waals surface area contributed by atoms with Gasteiger partial charge in [0.2, 0.25) is 5.91 Å². The minimum absolute atomic E-state index is 0.0811. The van der Waals surface area contributed by atoms with E-state index in [4.69, 9.17) is 4.74 Å². The number of nitrogens with zero attached hydrogens (tertiary/aromatic N) is 5. The van der Waals surface area contributed by atoms with Crippen molar-refractivity contribution >= 4 is 17.5 Å². The number of hydrogen-bond acceptors (Lipinski definition) is 5. The Labute approximate surface area is 210 Å². The Bertz CT molecular complexity index is 1350. The van der Waals surface area contributed by atoms with Crippen LogP contribution in [0.2, 0.25) is 0 Å². The summed E-state index contributed by atoms with van der Waals surface area (Å²) >= 11 is 0. The third-order valence-corrected chi connectivity index (χ3v) is 7.55. The molecule has 0 atom stereocenters. The van der Waals surface area contributed by atoms with Gasteiger partial charge in [-0.1, -0.05) is 12.1 Å². The van der Waals surface area contributed by atoms with Gasteiger partial charge in [-0.3, -0.25) is 9.59 Å². The van der Waals surface area contributed by atoms with Gasteiger partial charge in [-0.15, -0.1) is 0 Å². The highest BCUT2D eigenvalue weighted by Gasteiger charge is 2.44. The molecule has 2 heterocycles. The molecule has 0 spiro atoms. The van der Waals surface area contributed by atoms with Gasteiger partial charge in [0.15, 0.2) is 5.69 Å². The number of carbonyl (C=O) groups excluding carboxylic acids is 2. The number of carbonyl (C=O) groups is 2. The number of anilines is 1. The Kier molecular flexibility index (Phi) is 6.00. The maximum Gasteiger partial charge on any atom is 0.277 e. The first kappa shape index (κ1) is 23.6. The van der Waals surface area contributed by atoms with Crippen LogP contribution in [0, 0.1) is 11.3 Å². The summed E-state index contributed by atoms with van der Waals surface area (Å²) in [5.74, 6) is 0.616. The molecule has 0 bridgehead atoms. The lowest BCUT2D eigenvalue weighted by Crippen LogP contribution is -2.38. The second-order valence-electron chi connectivity index (χ2n) is 9.62. The molecule has 1 aromatic heterocycles. The molecule has 1 fully saturated rings. The van der Waals surface area contributed by atoms with E-state index in [1.54, 1.807) is 40.6 Å². The van der Waals surface area contributed by atoms with Crippen LogP contribution in [-0.2, 0) is 16.6 Å². The van der Waals surface area contributed by atoms with Gasteiger partial charge in [0.05, 0.1) is 12.8 Å². The molecule has 2 aromatic carbocycles. The van der Waals surface area contributed by atoms with E-state index in [0.717, 1.165) is 31.5 Å². The molecule has 2 amide bonds. The van der Waals surface area contributed by atoms with Crippen molar-refractivity contribution in [3.8, 4) is 17.5 Å². The van der Waals surface area contributed by atoms with Crippen molar-refractivity contribution in [1.29, 1.82) is 5.26 Å². The van der Waals surface area contributed by atoms with Gasteiger partial charge in [0.1, 0.15) is 17.5 Å². The van der Waals surface area contributed by atoms with E-state index in [9.17, 15) is 14.9 Å². The smallest absolute Gasteiger partial charge is 0.277 e. The average molecular weight is 484 g/mol. The zero-order chi connectivity index (χ0) is 25.4. The van der Waals surface area contributed by atoms with E-state index < -0.39 is 0 Å². The lowest BCUT2D eigenvalue weighted by atomic mass is 9.91. The van der Waals surface area contributed by atoms with Crippen LogP contribution in [0.1, 0.15) is 53.5 Å². The van der Waals surface area contributed by atoms with E-state index in [0.29, 0.717) is 35.7 Å². The molecule has 1 saturated carbocycles. The van der Waals surface area contributed by atoms with Gasteiger partial charge in [-0.2, -0.15) is 10.4 Å². The zero-order valence-corrected chi connectivity index (χ0v) is 20.8. The van der Waals surface area contributed by atoms with Crippen molar-refractivity contribution in [1.82, 2.24) is 14.7 Å². The first-order valence-electron chi connectivity index (χ1n) is 12.2. The Morgan fingerprint density at radius 3 is 2.39 bits per heavy atom. The number of aromatic nitrogens is 2. The molecule has 1 aliphatic heterocycles. The summed E-state index contributed by atoms with van der Waals surface area (Å²) in [6.07, 6.45) is 3.72. The number of rotatable bonds is 7. The number of amides is 2. The molecular formula is C28H29N5O3. The van der Waals surface area contributed by atoms with E-state index in [1.165, 1.54) is 5.56 Å². The summed E-state index contributed by atoms with van der Waals surface area (Å²) in [6, 6.07) is 17.7. The first-order valence-corrected chi connectivity index (χ1v) is 12.2. The molecule has 2 aliphatic rings. The Morgan fingerprint density at radius 2 is 1.81 bits per heavy atom. The van der Waals surface area contributed by atoms with Gasteiger partial charge < -0.3 is 14.5 Å². The normalized spacial score (nSPS) is 15.7. The number of methoxy groups -OCH3 is 1. The summed E-state index contributed by atoms with van der Waals surface area (Å²) in [5, 5.41) is 14.1. The molecule has 8 heteroatoms. The quantitative estimate of drug-likeness (QED) is 0.509. The number of ether oxygens (including phenoxy) is 1. The highest BCUT2D eigenvalue weighted by Crippen LogP contribution is 2.51. The van der Waals surface area contributed by atoms with Gasteiger partial charge >= 0.3 is 0 Å². The Balaban J connectivity index is 1.40. The van der Waals surface area contributed by atoms with Crippen LogP contribution in [0.4, 0.5) is 5.69 Å². The maximum atomic E-state index is 13.7. The summed E-state index contributed by atoms with van der Waals surface area (Å²) in [4.78, 5) is 28.8. The maximum absolute atomic E-state index is 13.7. The first-order chi connectivity index (χ1) is 17.4. The number of nitriles is 1. The summed E-state index contributed by atoms with van der Waals surface area (Å²) in [5.41, 5.74) is 4.31. The molecule has 0 N–H and O–H groups in total. The van der Waals surface area contributed by atoms with Crippen molar-refractivity contribution in [2.24, 2.45) is 0 Å². The van der Waals surface area contributed by atoms with E-state index in [-0.39, 0.29) is 22.9 Å². The second-order valence-corrected chi connectivity index (χ2v) is 9.62. The molecule has 1 aliphatic carbocycles. The predicted octanol–water partition coefficient (Wildman–Crippen LogP) is 3.86. The standard InChI is InChI=1S/C28H29N5O3/c1-19(34)31(2)17-15-28(13-14-28)20-4-6-21(7-5-20)32-16-12-24-25(18-29)30-33(26(24)27(32)35)22-8-10-23(36-3)11-9-22/h4-11H,12-17H2,1-3H3. The molecule has 3 aromatic rings. The minimum Gasteiger partial charge on any atom is -0.497 e. The van der Waals surface area contributed by atoms with Crippen molar-refractivity contribution in [3.63, 3.8) is 0 Å². The van der Waals surface area contributed by atoms with Crippen LogP contribution in [0.5, 0.6) is 5.75 Å². The topological polar surface area (TPSA) is 91.5 Å². The van der Waals surface area contributed by atoms with Gasteiger partial charge in [0, 0.05) is 38.3 Å². The fraction of sp³-hybridized carbons (Fsp3) is 0.357. The van der Waals surface area contributed by atoms with Crippen LogP contribution < -0.4 is 9.64 Å². The molecule has 0 radical (unpaired) electrons. The van der Waals surface area contributed by atoms with Crippen LogP contribution in [0.3, 0.4) is 0 Å². The van der Waals surface area contributed by atoms with E-state index in [1.807, 2.05) is 31.3 Å². The average Bonchev–Trinajstić information content (AvgIpc) is 3.60. The third-order valence-electron chi connectivity index (χ3n) is 7.55. The molecule has 5 rings (SSSR count). The van der Waals surface area contributed by atoms with Gasteiger partial charge in [0.25, 0.3) is 5.91 Å². The number of hydrogen-bond donors (Lipinski definition) is 0. The van der Waals surface area contributed by atoms with Crippen molar-refractivity contribution in [3.05, 3.63) is 71.0 Å². The third kappa shape index (κ3) is 4.11. The Morgan fingerprint density at radius 1 is 1.14 bits per heavy atom. The second kappa shape index (κ2) is 9.15. The zero-order valence-electron chi connectivity index (χ0n) is 20.8. The van der Waals surface area contributed by atoms with Gasteiger partial charge in [-0.25, -0.2) is 4.68 Å². The molecule has 36 heavy (non-hydrogen) atoms. The SMILES string of the molecule is COc1ccc(-n2nc(C#N)c3c2C(=O)N(c2ccc(C4(CCN(C)C(C)=O)CC4)cc2)CC3)cc1. The van der Waals surface area contributed by atoms with Crippen LogP contribution in [-0.4, -0.2) is 53.7 Å². The fourth-order valence-corrected chi connectivity index (χ4v) is 4.97. The summed E-state index contributed by atoms with van der Waals surface area (Å²) < 4.78 is 6.81. The van der Waals surface area contributed by atoms with Crippen molar-refractivity contribution in [2.75, 3.05) is 32.1 Å². The van der Waals surface area contributed by atoms with E-state index >= 15 is 0 Å². The van der Waals surface area contributed by atoms with E-state index in [2.05, 4.69) is 23.3 Å². The summed E-state index contributed by atoms with van der Waals surface area (Å²) in [6.45, 7) is 2.82. The predicted molar refractivity (Wildman–Crippen MR) is 135 cm³/mol. The van der Waals surface area contributed by atoms with Crippen LogP contribution in [0.25, 0.3) is 5.69 Å². The van der Waals surface area contributed by atoms with Crippen molar-refractivity contribution in [2.45, 2.75) is 38.0 Å². The minimum atomic E-state index is -0.168. The molecule has 0 unspecified atom stereocenters. The van der Waals surface area contributed by atoms with Crippen LogP contribution in [0.15, 0.2) is 48.5 Å². The largest absolute Gasteiger partial charge is 0.497 e. The number of fused-ring (bicyclic) bond motifs is 1. The van der Waals surface area contributed by atoms with Crippen LogP contribution >= 0.6 is 0 Å². The Hall–Kier alpha value is -4.12. The molecular weight excluding hydrogens is 454 g/mol. The lowest BCUT2D eigenvalue weighted by molar-refractivity contribution is -0.127. The lowest BCUT2D eigenvalue weighted by Gasteiger charge is -2.28. The summed E-state index contributed by atoms with van der Waals surface area (Å²) in [7, 11) is 3.44. The highest BCUT2D eigenvalue weighted by atomic mass is 16.5.